The van der Waals surface area contributed by atoms with Gasteiger partial charge in [-0.3, -0.25) is 4.79 Å². The van der Waals surface area contributed by atoms with Crippen LogP contribution in [0.5, 0.6) is 0 Å². The summed E-state index contributed by atoms with van der Waals surface area (Å²) in [6.45, 7) is 1.25. The lowest BCUT2D eigenvalue weighted by atomic mass is 10.0. The zero-order valence-corrected chi connectivity index (χ0v) is 15.5. The van der Waals surface area contributed by atoms with E-state index in [4.69, 9.17) is 5.73 Å². The number of likely N-dealkylation sites (N-methyl/N-ethyl adjacent to an activating group) is 1. The molecule has 3 rings (SSSR count). The highest BCUT2D eigenvalue weighted by molar-refractivity contribution is 5.98. The second-order valence-electron chi connectivity index (χ2n) is 5.82. The van der Waals surface area contributed by atoms with Crippen LogP contribution >= 0.6 is 24.8 Å². The van der Waals surface area contributed by atoms with Gasteiger partial charge in [-0.05, 0) is 23.8 Å². The van der Waals surface area contributed by atoms with Crippen molar-refractivity contribution in [3.8, 4) is 0 Å². The molecular weight excluding hydrogens is 364 g/mol. The second kappa shape index (κ2) is 9.04. The minimum absolute atomic E-state index is 0. The van der Waals surface area contributed by atoms with Crippen molar-refractivity contribution in [1.82, 2.24) is 0 Å². The maximum absolute atomic E-state index is 13.5. The van der Waals surface area contributed by atoms with Gasteiger partial charge in [0.25, 0.3) is 0 Å². The smallest absolute Gasteiger partial charge is 0.229 e. The van der Waals surface area contributed by atoms with Crippen LogP contribution in [0.25, 0.3) is 0 Å². The molecule has 0 saturated carbocycles. The molecule has 0 fully saturated rings. The Morgan fingerprint density at radius 3 is 2.48 bits per heavy atom. The number of hydrogen-bond donors (Lipinski definition) is 1. The first-order valence-electron chi connectivity index (χ1n) is 7.68. The molecular formula is C18H22Cl2FN3O. The number of fused-ring (bicyclic) bond motifs is 1. The molecule has 0 bridgehead atoms. The van der Waals surface area contributed by atoms with Crippen molar-refractivity contribution >= 4 is 42.1 Å². The molecule has 2 aromatic carbocycles. The molecule has 0 aromatic heterocycles. The standard InChI is InChI=1S/C18H20FN3O.2ClH/c1-21-9-10-22(16-8-7-14(19)11-17(16)21)18(23)12-15(20)13-5-3-2-4-6-13;;/h2-8,11,15H,9-10,12,20H2,1H3;2*1H. The number of hydrogen-bond acceptors (Lipinski definition) is 3. The molecule has 2 N–H and O–H groups in total. The van der Waals surface area contributed by atoms with Gasteiger partial charge in [0.2, 0.25) is 5.91 Å². The van der Waals surface area contributed by atoms with Gasteiger partial charge in [0.1, 0.15) is 5.82 Å². The van der Waals surface area contributed by atoms with Gasteiger partial charge in [0, 0.05) is 32.6 Å². The summed E-state index contributed by atoms with van der Waals surface area (Å²) in [5.41, 5.74) is 8.57. The summed E-state index contributed by atoms with van der Waals surface area (Å²) in [7, 11) is 1.90. The van der Waals surface area contributed by atoms with Crippen LogP contribution in [0.1, 0.15) is 18.0 Å². The van der Waals surface area contributed by atoms with Gasteiger partial charge in [0.05, 0.1) is 11.4 Å². The Balaban J connectivity index is 0.00000156. The third kappa shape index (κ3) is 4.63. The summed E-state index contributed by atoms with van der Waals surface area (Å²) in [6.07, 6.45) is 0.227. The fraction of sp³-hybridized carbons (Fsp3) is 0.278. The van der Waals surface area contributed by atoms with Crippen LogP contribution in [0.2, 0.25) is 0 Å². The number of carbonyl (C=O) groups excluding carboxylic acids is 1. The minimum Gasteiger partial charge on any atom is -0.371 e. The van der Waals surface area contributed by atoms with Crippen LogP contribution in [-0.2, 0) is 4.79 Å². The zero-order valence-electron chi connectivity index (χ0n) is 13.9. The van der Waals surface area contributed by atoms with Crippen molar-refractivity contribution in [1.29, 1.82) is 0 Å². The van der Waals surface area contributed by atoms with Crippen LogP contribution in [0.15, 0.2) is 48.5 Å². The van der Waals surface area contributed by atoms with Crippen LogP contribution in [0, 0.1) is 5.82 Å². The monoisotopic (exact) mass is 385 g/mol. The fourth-order valence-corrected chi connectivity index (χ4v) is 2.90. The number of nitrogens with zero attached hydrogens (tertiary/aromatic N) is 2. The van der Waals surface area contributed by atoms with E-state index in [1.165, 1.54) is 12.1 Å². The molecule has 0 spiro atoms. The first-order chi connectivity index (χ1) is 11.1. The number of rotatable bonds is 3. The Labute approximate surface area is 159 Å². The normalized spacial score (nSPS) is 14.0. The van der Waals surface area contributed by atoms with Gasteiger partial charge < -0.3 is 15.5 Å². The van der Waals surface area contributed by atoms with Crippen molar-refractivity contribution in [2.75, 3.05) is 29.9 Å². The number of benzene rings is 2. The Hall–Kier alpha value is -1.82. The molecule has 1 heterocycles. The van der Waals surface area contributed by atoms with E-state index in [-0.39, 0.29) is 49.0 Å². The molecule has 136 valence electrons. The van der Waals surface area contributed by atoms with Gasteiger partial charge in [-0.1, -0.05) is 30.3 Å². The molecule has 2 aromatic rings. The molecule has 0 saturated heterocycles. The second-order valence-corrected chi connectivity index (χ2v) is 5.82. The van der Waals surface area contributed by atoms with Gasteiger partial charge in [-0.25, -0.2) is 4.39 Å². The topological polar surface area (TPSA) is 49.6 Å². The first-order valence-corrected chi connectivity index (χ1v) is 7.68. The molecule has 0 aliphatic carbocycles. The molecule has 0 radical (unpaired) electrons. The SMILES string of the molecule is CN1CCN(C(=O)CC(N)c2ccccc2)c2ccc(F)cc21.Cl.Cl. The van der Waals surface area contributed by atoms with E-state index in [0.717, 1.165) is 16.9 Å². The van der Waals surface area contributed by atoms with Gasteiger partial charge in [0.15, 0.2) is 0 Å². The molecule has 25 heavy (non-hydrogen) atoms. The van der Waals surface area contributed by atoms with E-state index in [0.29, 0.717) is 13.1 Å². The van der Waals surface area contributed by atoms with Crippen molar-refractivity contribution in [2.45, 2.75) is 12.5 Å². The molecule has 1 unspecified atom stereocenters. The number of amides is 1. The van der Waals surface area contributed by atoms with Gasteiger partial charge in [-0.15, -0.1) is 24.8 Å². The Kier molecular flexibility index (Phi) is 7.67. The Bertz CT molecular complexity index is 715. The molecule has 7 heteroatoms. The third-order valence-electron chi connectivity index (χ3n) is 4.22. The first kappa shape index (κ1) is 21.2. The summed E-state index contributed by atoms with van der Waals surface area (Å²) in [6, 6.07) is 13.8. The van der Waals surface area contributed by atoms with E-state index in [1.807, 2.05) is 42.3 Å². The number of carbonyl (C=O) groups is 1. The molecule has 1 aliphatic heterocycles. The van der Waals surface area contributed by atoms with Crippen LogP contribution < -0.4 is 15.5 Å². The van der Waals surface area contributed by atoms with E-state index in [9.17, 15) is 9.18 Å². The summed E-state index contributed by atoms with van der Waals surface area (Å²) in [5, 5.41) is 0. The maximum Gasteiger partial charge on any atom is 0.229 e. The molecule has 4 nitrogen and oxygen atoms in total. The summed E-state index contributed by atoms with van der Waals surface area (Å²) in [4.78, 5) is 16.3. The molecule has 1 aliphatic rings. The molecule has 1 atom stereocenters. The largest absolute Gasteiger partial charge is 0.371 e. The maximum atomic E-state index is 13.5. The summed E-state index contributed by atoms with van der Waals surface area (Å²) in [5.74, 6) is -0.340. The van der Waals surface area contributed by atoms with Gasteiger partial charge >= 0.3 is 0 Å². The molecule has 1 amide bonds. The van der Waals surface area contributed by atoms with Crippen molar-refractivity contribution in [2.24, 2.45) is 5.73 Å². The minimum atomic E-state index is -0.341. The van der Waals surface area contributed by atoms with Crippen molar-refractivity contribution in [3.05, 3.63) is 59.9 Å². The zero-order chi connectivity index (χ0) is 16.4. The van der Waals surface area contributed by atoms with E-state index >= 15 is 0 Å². The summed E-state index contributed by atoms with van der Waals surface area (Å²) < 4.78 is 13.5. The van der Waals surface area contributed by atoms with Crippen molar-refractivity contribution in [3.63, 3.8) is 0 Å². The van der Waals surface area contributed by atoms with Crippen molar-refractivity contribution < 1.29 is 9.18 Å². The van der Waals surface area contributed by atoms with Crippen LogP contribution in [0.4, 0.5) is 15.8 Å². The van der Waals surface area contributed by atoms with Gasteiger partial charge in [-0.2, -0.15) is 0 Å². The highest BCUT2D eigenvalue weighted by atomic mass is 35.5. The lowest BCUT2D eigenvalue weighted by Crippen LogP contribution is -2.43. The predicted octanol–water partition coefficient (Wildman–Crippen LogP) is 3.54. The third-order valence-corrected chi connectivity index (χ3v) is 4.22. The predicted molar refractivity (Wildman–Crippen MR) is 105 cm³/mol. The summed E-state index contributed by atoms with van der Waals surface area (Å²) >= 11 is 0. The number of nitrogens with two attached hydrogens (primary N) is 1. The Morgan fingerprint density at radius 2 is 1.80 bits per heavy atom. The van der Waals surface area contributed by atoms with E-state index in [1.54, 1.807) is 11.0 Å². The lowest BCUT2D eigenvalue weighted by Gasteiger charge is -2.36. The van der Waals surface area contributed by atoms with E-state index < -0.39 is 0 Å². The fourth-order valence-electron chi connectivity index (χ4n) is 2.90. The van der Waals surface area contributed by atoms with Crippen LogP contribution in [0.3, 0.4) is 0 Å². The number of halogens is 3. The Morgan fingerprint density at radius 1 is 1.12 bits per heavy atom. The van der Waals surface area contributed by atoms with Crippen LogP contribution in [-0.4, -0.2) is 26.0 Å². The average Bonchev–Trinajstić information content (AvgIpc) is 2.56. The average molecular weight is 386 g/mol. The van der Waals surface area contributed by atoms with E-state index in [2.05, 4.69) is 0 Å². The lowest BCUT2D eigenvalue weighted by molar-refractivity contribution is -0.119. The number of anilines is 2. The highest BCUT2D eigenvalue weighted by Crippen LogP contribution is 2.33. The quantitative estimate of drug-likeness (QED) is 0.878. The highest BCUT2D eigenvalue weighted by Gasteiger charge is 2.26.